The molecule has 2 heterocycles. The molecule has 7 nitrogen and oxygen atoms in total. The van der Waals surface area contributed by atoms with Crippen LogP contribution in [0.2, 0.25) is 0 Å². The number of aromatic nitrogens is 1. The maximum atomic E-state index is 5.38. The highest BCUT2D eigenvalue weighted by atomic mass is 127. The predicted molar refractivity (Wildman–Crippen MR) is 128 cm³/mol. The topological polar surface area (TPSA) is 62.2 Å². The Kier molecular flexibility index (Phi) is 9.30. The minimum atomic E-state index is 0. The number of halogens is 1. The maximum Gasteiger partial charge on any atom is 0.193 e. The lowest BCUT2D eigenvalue weighted by Gasteiger charge is -2.37. The van der Waals surface area contributed by atoms with Crippen molar-refractivity contribution < 1.29 is 9.47 Å². The van der Waals surface area contributed by atoms with Crippen LogP contribution in [-0.4, -0.2) is 69.8 Å². The second-order valence-corrected chi connectivity index (χ2v) is 6.58. The summed E-state index contributed by atoms with van der Waals surface area (Å²) >= 11 is 0. The van der Waals surface area contributed by atoms with Gasteiger partial charge >= 0.3 is 0 Å². The minimum absolute atomic E-state index is 0. The summed E-state index contributed by atoms with van der Waals surface area (Å²) in [6.45, 7) is 4.53. The van der Waals surface area contributed by atoms with Gasteiger partial charge in [0.1, 0.15) is 5.82 Å². The molecule has 3 rings (SSSR count). The van der Waals surface area contributed by atoms with Gasteiger partial charge in [-0.15, -0.1) is 24.0 Å². The van der Waals surface area contributed by atoms with Crippen molar-refractivity contribution in [3.8, 4) is 11.5 Å². The molecule has 0 atom stereocenters. The lowest BCUT2D eigenvalue weighted by atomic mass is 10.1. The Morgan fingerprint density at radius 1 is 1.07 bits per heavy atom. The third-order valence-corrected chi connectivity index (χ3v) is 4.91. The Balaban J connectivity index is 0.00000300. The molecule has 0 unspecified atom stereocenters. The van der Waals surface area contributed by atoms with Crippen molar-refractivity contribution >= 4 is 35.8 Å². The first-order chi connectivity index (χ1) is 13.7. The van der Waals surface area contributed by atoms with E-state index in [1.807, 2.05) is 37.5 Å². The van der Waals surface area contributed by atoms with Crippen LogP contribution in [0.5, 0.6) is 11.5 Å². The smallest absolute Gasteiger partial charge is 0.193 e. The number of benzene rings is 1. The van der Waals surface area contributed by atoms with E-state index >= 15 is 0 Å². The lowest BCUT2D eigenvalue weighted by molar-refractivity contribution is 0.354. The standard InChI is InChI=1S/C21H29N5O2.HI/c1-22-21(24-11-9-17-7-8-18(27-2)19(16-17)28-3)26-14-12-25(13-15-26)20-6-4-5-10-23-20;/h4-8,10,16H,9,11-15H2,1-3H3,(H,22,24);1H. The SMILES string of the molecule is CN=C(NCCc1ccc(OC)c(OC)c1)N1CCN(c2ccccn2)CC1.I. The van der Waals surface area contributed by atoms with E-state index in [1.165, 1.54) is 5.56 Å². The highest BCUT2D eigenvalue weighted by Crippen LogP contribution is 2.27. The number of hydrogen-bond donors (Lipinski definition) is 1. The van der Waals surface area contributed by atoms with Crippen LogP contribution in [0.4, 0.5) is 5.82 Å². The van der Waals surface area contributed by atoms with E-state index in [0.29, 0.717) is 0 Å². The molecule has 158 valence electrons. The molecule has 2 aromatic rings. The number of aliphatic imine (C=N–C) groups is 1. The van der Waals surface area contributed by atoms with Crippen LogP contribution in [-0.2, 0) is 6.42 Å². The number of nitrogens with one attached hydrogen (secondary N) is 1. The van der Waals surface area contributed by atoms with Crippen LogP contribution in [0, 0.1) is 0 Å². The maximum absolute atomic E-state index is 5.38. The average Bonchev–Trinajstić information content (AvgIpc) is 2.77. The number of piperazine rings is 1. The first kappa shape index (κ1) is 23.1. The Hall–Kier alpha value is -2.23. The third-order valence-electron chi connectivity index (χ3n) is 4.91. The number of ether oxygens (including phenoxy) is 2. The number of pyridine rings is 1. The molecule has 1 aromatic carbocycles. The zero-order chi connectivity index (χ0) is 19.8. The average molecular weight is 511 g/mol. The molecule has 0 aliphatic carbocycles. The van der Waals surface area contributed by atoms with Crippen molar-refractivity contribution in [1.29, 1.82) is 0 Å². The lowest BCUT2D eigenvalue weighted by Crippen LogP contribution is -2.53. The number of anilines is 1. The molecule has 1 aliphatic heterocycles. The van der Waals surface area contributed by atoms with Crippen molar-refractivity contribution in [2.24, 2.45) is 4.99 Å². The number of guanidine groups is 1. The van der Waals surface area contributed by atoms with Crippen LogP contribution in [0.25, 0.3) is 0 Å². The van der Waals surface area contributed by atoms with Crippen LogP contribution >= 0.6 is 24.0 Å². The van der Waals surface area contributed by atoms with Gasteiger partial charge in [-0.1, -0.05) is 12.1 Å². The molecule has 29 heavy (non-hydrogen) atoms. The largest absolute Gasteiger partial charge is 0.493 e. The van der Waals surface area contributed by atoms with E-state index in [2.05, 4.69) is 37.2 Å². The van der Waals surface area contributed by atoms with Gasteiger partial charge < -0.3 is 24.6 Å². The van der Waals surface area contributed by atoms with Crippen molar-refractivity contribution in [3.05, 3.63) is 48.2 Å². The number of nitrogens with zero attached hydrogens (tertiary/aromatic N) is 4. The minimum Gasteiger partial charge on any atom is -0.493 e. The van der Waals surface area contributed by atoms with Gasteiger partial charge in [0, 0.05) is 46.0 Å². The Morgan fingerprint density at radius 3 is 2.45 bits per heavy atom. The van der Waals surface area contributed by atoms with Crippen molar-refractivity contribution in [2.45, 2.75) is 6.42 Å². The highest BCUT2D eigenvalue weighted by molar-refractivity contribution is 14.0. The summed E-state index contributed by atoms with van der Waals surface area (Å²) < 4.78 is 10.7. The quantitative estimate of drug-likeness (QED) is 0.366. The van der Waals surface area contributed by atoms with Gasteiger partial charge in [0.15, 0.2) is 17.5 Å². The van der Waals surface area contributed by atoms with E-state index in [4.69, 9.17) is 9.47 Å². The van der Waals surface area contributed by atoms with E-state index in [-0.39, 0.29) is 24.0 Å². The van der Waals surface area contributed by atoms with Crippen LogP contribution in [0.15, 0.2) is 47.6 Å². The molecule has 1 fully saturated rings. The molecule has 0 amide bonds. The summed E-state index contributed by atoms with van der Waals surface area (Å²) in [6.07, 6.45) is 2.73. The molecule has 0 saturated carbocycles. The van der Waals surface area contributed by atoms with Crippen LogP contribution in [0.3, 0.4) is 0 Å². The van der Waals surface area contributed by atoms with Crippen LogP contribution in [0.1, 0.15) is 5.56 Å². The Labute approximate surface area is 190 Å². The summed E-state index contributed by atoms with van der Waals surface area (Å²) in [5.41, 5.74) is 1.19. The number of methoxy groups -OCH3 is 2. The second kappa shape index (κ2) is 11.7. The third kappa shape index (κ3) is 6.12. The molecule has 1 saturated heterocycles. The fourth-order valence-electron chi connectivity index (χ4n) is 3.38. The van der Waals surface area contributed by atoms with E-state index in [0.717, 1.165) is 62.4 Å². The molecule has 0 bridgehead atoms. The molecular formula is C21H30IN5O2. The van der Waals surface area contributed by atoms with E-state index < -0.39 is 0 Å². The highest BCUT2D eigenvalue weighted by Gasteiger charge is 2.20. The number of hydrogen-bond acceptors (Lipinski definition) is 5. The normalized spacial score (nSPS) is 14.2. The van der Waals surface area contributed by atoms with Crippen molar-refractivity contribution in [1.82, 2.24) is 15.2 Å². The van der Waals surface area contributed by atoms with Crippen molar-refractivity contribution in [3.63, 3.8) is 0 Å². The van der Waals surface area contributed by atoms with Gasteiger partial charge in [-0.25, -0.2) is 4.98 Å². The summed E-state index contributed by atoms with van der Waals surface area (Å²) in [5, 5.41) is 3.48. The van der Waals surface area contributed by atoms with Crippen molar-refractivity contribution in [2.75, 3.05) is 58.9 Å². The zero-order valence-corrected chi connectivity index (χ0v) is 19.6. The summed E-state index contributed by atoms with van der Waals surface area (Å²) in [5.74, 6) is 3.50. The molecule has 1 N–H and O–H groups in total. The first-order valence-corrected chi connectivity index (χ1v) is 9.57. The summed E-state index contributed by atoms with van der Waals surface area (Å²) in [7, 11) is 5.15. The second-order valence-electron chi connectivity index (χ2n) is 6.58. The fraction of sp³-hybridized carbons (Fsp3) is 0.429. The predicted octanol–water partition coefficient (Wildman–Crippen LogP) is 2.66. The molecule has 8 heteroatoms. The Bertz CT molecular complexity index is 780. The molecule has 1 aromatic heterocycles. The van der Waals surface area contributed by atoms with E-state index in [9.17, 15) is 0 Å². The molecule has 1 aliphatic rings. The monoisotopic (exact) mass is 511 g/mol. The summed E-state index contributed by atoms with van der Waals surface area (Å²) in [4.78, 5) is 13.5. The molecule has 0 radical (unpaired) electrons. The van der Waals surface area contributed by atoms with Gasteiger partial charge in [-0.05, 0) is 36.2 Å². The molecule has 0 spiro atoms. The Morgan fingerprint density at radius 2 is 1.83 bits per heavy atom. The fourth-order valence-corrected chi connectivity index (χ4v) is 3.38. The van der Waals surface area contributed by atoms with Gasteiger partial charge in [0.2, 0.25) is 0 Å². The van der Waals surface area contributed by atoms with Crippen LogP contribution < -0.4 is 19.7 Å². The van der Waals surface area contributed by atoms with E-state index in [1.54, 1.807) is 14.2 Å². The number of rotatable bonds is 6. The van der Waals surface area contributed by atoms with Gasteiger partial charge in [0.25, 0.3) is 0 Å². The molecular weight excluding hydrogens is 481 g/mol. The summed E-state index contributed by atoms with van der Waals surface area (Å²) in [6, 6.07) is 12.1. The van der Waals surface area contributed by atoms with Gasteiger partial charge in [-0.3, -0.25) is 4.99 Å². The van der Waals surface area contributed by atoms with Gasteiger partial charge in [0.05, 0.1) is 14.2 Å². The first-order valence-electron chi connectivity index (χ1n) is 9.57. The van der Waals surface area contributed by atoms with Gasteiger partial charge in [-0.2, -0.15) is 0 Å². The zero-order valence-electron chi connectivity index (χ0n) is 17.3.